The van der Waals surface area contributed by atoms with Gasteiger partial charge in [0.15, 0.2) is 0 Å². The average molecular weight is 334 g/mol. The number of ether oxygens (including phenoxy) is 1. The van der Waals surface area contributed by atoms with Gasteiger partial charge in [-0.25, -0.2) is 4.79 Å². The molecule has 20 heavy (non-hydrogen) atoms. The van der Waals surface area contributed by atoms with Crippen molar-refractivity contribution in [2.24, 2.45) is 0 Å². The molecule has 0 amide bonds. The maximum atomic E-state index is 12.1. The second-order valence-electron chi connectivity index (χ2n) is 4.43. The molecule has 0 saturated carbocycles. The first-order valence-electron chi connectivity index (χ1n) is 6.48. The van der Waals surface area contributed by atoms with Crippen LogP contribution in [0.15, 0.2) is 48.2 Å². The first-order chi connectivity index (χ1) is 9.67. The van der Waals surface area contributed by atoms with Crippen molar-refractivity contribution in [1.29, 1.82) is 0 Å². The van der Waals surface area contributed by atoms with Crippen molar-refractivity contribution in [3.63, 3.8) is 0 Å². The van der Waals surface area contributed by atoms with E-state index in [-0.39, 0.29) is 5.97 Å². The predicted molar refractivity (Wildman–Crippen MR) is 83.3 cm³/mol. The summed E-state index contributed by atoms with van der Waals surface area (Å²) in [6.07, 6.45) is 6.93. The number of allylic oxidation sites excluding steroid dienone is 2. The molecular formula is C16H16BrNO2. The van der Waals surface area contributed by atoms with Crippen molar-refractivity contribution in [3.8, 4) is 0 Å². The Balaban J connectivity index is 2.55. The number of rotatable bonds is 4. The summed E-state index contributed by atoms with van der Waals surface area (Å²) < 4.78 is 5.81. The Morgan fingerprint density at radius 3 is 3.10 bits per heavy atom. The van der Waals surface area contributed by atoms with Crippen molar-refractivity contribution in [1.82, 2.24) is 4.98 Å². The summed E-state index contributed by atoms with van der Waals surface area (Å²) >= 11 is 3.50. The third-order valence-corrected chi connectivity index (χ3v) is 3.81. The second kappa shape index (κ2) is 6.66. The van der Waals surface area contributed by atoms with Gasteiger partial charge in [-0.15, -0.1) is 6.58 Å². The zero-order chi connectivity index (χ0) is 14.5. The largest absolute Gasteiger partial charge is 0.462 e. The summed E-state index contributed by atoms with van der Waals surface area (Å²) in [6, 6.07) is 3.93. The molecule has 0 aliphatic heterocycles. The Bertz CT molecular complexity index is 602. The molecule has 0 radical (unpaired) electrons. The summed E-state index contributed by atoms with van der Waals surface area (Å²) in [4.78, 5) is 16.5. The summed E-state index contributed by atoms with van der Waals surface area (Å²) in [6.45, 7) is 5.91. The maximum absolute atomic E-state index is 12.1. The summed E-state index contributed by atoms with van der Waals surface area (Å²) in [5, 5.41) is 0. The van der Waals surface area contributed by atoms with E-state index in [0.29, 0.717) is 16.7 Å². The highest BCUT2D eigenvalue weighted by Crippen LogP contribution is 2.33. The van der Waals surface area contributed by atoms with Gasteiger partial charge in [0.2, 0.25) is 0 Å². The van der Waals surface area contributed by atoms with E-state index in [1.807, 2.05) is 24.3 Å². The zero-order valence-corrected chi connectivity index (χ0v) is 12.9. The molecule has 0 aromatic carbocycles. The summed E-state index contributed by atoms with van der Waals surface area (Å²) in [7, 11) is 0. The molecule has 1 heterocycles. The molecular weight excluding hydrogens is 318 g/mol. The monoisotopic (exact) mass is 333 g/mol. The fourth-order valence-corrected chi connectivity index (χ4v) is 2.78. The number of esters is 1. The molecule has 4 heteroatoms. The molecule has 1 aliphatic carbocycles. The number of carbonyl (C=O) groups excluding carboxylic acids is 1. The molecule has 0 N–H and O–H groups in total. The van der Waals surface area contributed by atoms with Crippen LogP contribution in [0.3, 0.4) is 0 Å². The topological polar surface area (TPSA) is 39.2 Å². The van der Waals surface area contributed by atoms with E-state index < -0.39 is 0 Å². The Kier molecular flexibility index (Phi) is 4.90. The number of hydrogen-bond acceptors (Lipinski definition) is 3. The first kappa shape index (κ1) is 14.7. The summed E-state index contributed by atoms with van der Waals surface area (Å²) in [5.74, 6) is -0.334. The highest BCUT2D eigenvalue weighted by Gasteiger charge is 2.21. The fraction of sp³-hybridized carbons (Fsp3) is 0.250. The number of aromatic nitrogens is 1. The van der Waals surface area contributed by atoms with Crippen molar-refractivity contribution < 1.29 is 9.53 Å². The van der Waals surface area contributed by atoms with Gasteiger partial charge in [-0.3, -0.25) is 4.98 Å². The van der Waals surface area contributed by atoms with E-state index in [9.17, 15) is 4.79 Å². The highest BCUT2D eigenvalue weighted by atomic mass is 79.9. The van der Waals surface area contributed by atoms with Crippen molar-refractivity contribution in [2.45, 2.75) is 19.8 Å². The van der Waals surface area contributed by atoms with E-state index in [1.54, 1.807) is 13.1 Å². The van der Waals surface area contributed by atoms with E-state index in [1.165, 1.54) is 0 Å². The van der Waals surface area contributed by atoms with Crippen LogP contribution >= 0.6 is 15.9 Å². The molecule has 0 spiro atoms. The molecule has 1 aliphatic rings. The number of hydrogen-bond donors (Lipinski definition) is 0. The third kappa shape index (κ3) is 3.07. The lowest BCUT2D eigenvalue weighted by Gasteiger charge is -2.07. The van der Waals surface area contributed by atoms with Gasteiger partial charge in [0.1, 0.15) is 0 Å². The van der Waals surface area contributed by atoms with Crippen LogP contribution in [0.2, 0.25) is 0 Å². The Morgan fingerprint density at radius 1 is 1.60 bits per heavy atom. The van der Waals surface area contributed by atoms with E-state index in [0.717, 1.165) is 29.7 Å². The van der Waals surface area contributed by atoms with Gasteiger partial charge < -0.3 is 4.74 Å². The van der Waals surface area contributed by atoms with Gasteiger partial charge in [0.05, 0.1) is 22.4 Å². The standard InChI is InChI=1S/C16H16BrNO2/c1-3-6-11-9-12-7-5-8-18-15(12)14(17)13(10-11)16(19)20-4-2/h3,5,7-8,10H,1,4,6,9H2,2H3. The number of carbonyl (C=O) groups is 1. The van der Waals surface area contributed by atoms with E-state index in [4.69, 9.17) is 4.74 Å². The number of nitrogens with zero attached hydrogens (tertiary/aromatic N) is 1. The minimum atomic E-state index is -0.334. The highest BCUT2D eigenvalue weighted by molar-refractivity contribution is 9.15. The van der Waals surface area contributed by atoms with Crippen LogP contribution in [0.1, 0.15) is 24.6 Å². The minimum absolute atomic E-state index is 0.334. The van der Waals surface area contributed by atoms with Crippen LogP contribution < -0.4 is 0 Å². The first-order valence-corrected chi connectivity index (χ1v) is 7.28. The molecule has 104 valence electrons. The van der Waals surface area contributed by atoms with Crippen molar-refractivity contribution in [2.75, 3.05) is 6.61 Å². The van der Waals surface area contributed by atoms with Gasteiger partial charge in [-0.2, -0.15) is 0 Å². The van der Waals surface area contributed by atoms with Crippen molar-refractivity contribution in [3.05, 3.63) is 59.5 Å². The lowest BCUT2D eigenvalue weighted by molar-refractivity contribution is -0.138. The predicted octanol–water partition coefficient (Wildman–Crippen LogP) is 3.81. The molecule has 2 rings (SSSR count). The number of pyridine rings is 1. The van der Waals surface area contributed by atoms with Gasteiger partial charge in [0.25, 0.3) is 0 Å². The number of fused-ring (bicyclic) bond motifs is 1. The zero-order valence-electron chi connectivity index (χ0n) is 11.4. The Hall–Kier alpha value is -1.68. The summed E-state index contributed by atoms with van der Waals surface area (Å²) in [5.41, 5.74) is 3.52. The molecule has 0 unspecified atom stereocenters. The van der Waals surface area contributed by atoms with Gasteiger partial charge >= 0.3 is 5.97 Å². The Labute approximate surface area is 127 Å². The van der Waals surface area contributed by atoms with E-state index >= 15 is 0 Å². The molecule has 0 saturated heterocycles. The van der Waals surface area contributed by atoms with Crippen LogP contribution in [0.5, 0.6) is 0 Å². The van der Waals surface area contributed by atoms with Crippen LogP contribution in [0, 0.1) is 0 Å². The molecule has 0 fully saturated rings. The van der Waals surface area contributed by atoms with Crippen LogP contribution in [0.25, 0.3) is 4.48 Å². The smallest absolute Gasteiger partial charge is 0.339 e. The van der Waals surface area contributed by atoms with Gasteiger partial charge in [0, 0.05) is 6.20 Å². The lowest BCUT2D eigenvalue weighted by atomic mass is 10.0. The Morgan fingerprint density at radius 2 is 2.40 bits per heavy atom. The normalized spacial score (nSPS) is 14.2. The van der Waals surface area contributed by atoms with Crippen molar-refractivity contribution >= 4 is 26.4 Å². The second-order valence-corrected chi connectivity index (χ2v) is 5.22. The van der Waals surface area contributed by atoms with Crippen LogP contribution in [0.4, 0.5) is 0 Å². The molecule has 0 bridgehead atoms. The minimum Gasteiger partial charge on any atom is -0.462 e. The lowest BCUT2D eigenvalue weighted by Crippen LogP contribution is -2.07. The van der Waals surface area contributed by atoms with Crippen LogP contribution in [-0.4, -0.2) is 17.6 Å². The number of halogens is 1. The molecule has 0 atom stereocenters. The van der Waals surface area contributed by atoms with Gasteiger partial charge in [-0.1, -0.05) is 17.7 Å². The van der Waals surface area contributed by atoms with E-state index in [2.05, 4.69) is 27.5 Å². The fourth-order valence-electron chi connectivity index (χ4n) is 2.14. The van der Waals surface area contributed by atoms with Gasteiger partial charge in [-0.05, 0) is 53.4 Å². The molecule has 3 nitrogen and oxygen atoms in total. The van der Waals surface area contributed by atoms with Crippen LogP contribution in [-0.2, 0) is 16.0 Å². The SMILES string of the molecule is C=CCC1=CC(C(=O)OCC)=C(Br)c2ncccc2C1. The third-order valence-electron chi connectivity index (χ3n) is 3.00. The molecule has 1 aromatic rings. The maximum Gasteiger partial charge on any atom is 0.339 e. The average Bonchev–Trinajstić information content (AvgIpc) is 2.57. The molecule has 1 aromatic heterocycles. The quantitative estimate of drug-likeness (QED) is 0.621.